The molecule has 0 radical (unpaired) electrons. The van der Waals surface area contributed by atoms with Crippen molar-refractivity contribution in [3.63, 3.8) is 0 Å². The Hall–Kier alpha value is -1.62. The first-order chi connectivity index (χ1) is 8.18. The van der Waals surface area contributed by atoms with Gasteiger partial charge >= 0.3 is 5.76 Å². The number of pyridine rings is 1. The van der Waals surface area contributed by atoms with E-state index in [4.69, 9.17) is 10.2 Å². The third-order valence-corrected chi connectivity index (χ3v) is 2.72. The van der Waals surface area contributed by atoms with Gasteiger partial charge in [0.2, 0.25) is 0 Å². The summed E-state index contributed by atoms with van der Waals surface area (Å²) in [6.45, 7) is 2.62. The van der Waals surface area contributed by atoms with Gasteiger partial charge in [0.15, 0.2) is 11.2 Å². The molecule has 5 heteroatoms. The van der Waals surface area contributed by atoms with E-state index in [9.17, 15) is 4.79 Å². The van der Waals surface area contributed by atoms with Gasteiger partial charge in [0.05, 0.1) is 0 Å². The van der Waals surface area contributed by atoms with Crippen LogP contribution in [0.1, 0.15) is 26.2 Å². The van der Waals surface area contributed by atoms with Crippen LogP contribution in [0.5, 0.6) is 0 Å². The summed E-state index contributed by atoms with van der Waals surface area (Å²) in [5.41, 5.74) is 6.84. The molecule has 17 heavy (non-hydrogen) atoms. The Morgan fingerprint density at radius 2 is 2.35 bits per heavy atom. The number of unbranched alkanes of at least 4 members (excludes halogenated alkanes) is 1. The van der Waals surface area contributed by atoms with E-state index in [0.29, 0.717) is 17.8 Å². The number of nitrogens with two attached hydrogens (primary N) is 1. The van der Waals surface area contributed by atoms with Gasteiger partial charge in [-0.2, -0.15) is 0 Å². The van der Waals surface area contributed by atoms with E-state index in [1.54, 1.807) is 22.9 Å². The molecule has 0 aliphatic heterocycles. The smallest absolute Gasteiger partial charge is 0.406 e. The summed E-state index contributed by atoms with van der Waals surface area (Å²) in [5, 5.41) is 0. The summed E-state index contributed by atoms with van der Waals surface area (Å²) in [6, 6.07) is 3.72. The van der Waals surface area contributed by atoms with Crippen LogP contribution in [0.25, 0.3) is 11.2 Å². The SMILES string of the molecule is CC(N)CCCCn1c(=O)oc2cccnc21. The number of aromatic nitrogens is 2. The highest BCUT2D eigenvalue weighted by Gasteiger charge is 2.08. The van der Waals surface area contributed by atoms with Gasteiger partial charge in [0.25, 0.3) is 0 Å². The van der Waals surface area contributed by atoms with Crippen molar-refractivity contribution >= 4 is 11.2 Å². The van der Waals surface area contributed by atoms with E-state index in [1.807, 2.05) is 6.92 Å². The van der Waals surface area contributed by atoms with Crippen LogP contribution in [0.4, 0.5) is 0 Å². The lowest BCUT2D eigenvalue weighted by molar-refractivity contribution is 0.483. The van der Waals surface area contributed by atoms with E-state index in [2.05, 4.69) is 4.98 Å². The Balaban J connectivity index is 2.08. The molecule has 0 saturated heterocycles. The second-order valence-corrected chi connectivity index (χ2v) is 4.32. The predicted molar refractivity (Wildman–Crippen MR) is 65.8 cm³/mol. The highest BCUT2D eigenvalue weighted by Crippen LogP contribution is 2.10. The first-order valence-electron chi connectivity index (χ1n) is 5.88. The van der Waals surface area contributed by atoms with E-state index < -0.39 is 0 Å². The summed E-state index contributed by atoms with van der Waals surface area (Å²) in [4.78, 5) is 15.8. The molecule has 2 aromatic rings. The van der Waals surface area contributed by atoms with Crippen molar-refractivity contribution in [2.24, 2.45) is 5.73 Å². The molecule has 5 nitrogen and oxygen atoms in total. The predicted octanol–water partition coefficient (Wildman–Crippen LogP) is 1.51. The summed E-state index contributed by atoms with van der Waals surface area (Å²) < 4.78 is 6.68. The molecule has 2 heterocycles. The van der Waals surface area contributed by atoms with Crippen LogP contribution >= 0.6 is 0 Å². The number of rotatable bonds is 5. The van der Waals surface area contributed by atoms with Crippen LogP contribution in [0.15, 0.2) is 27.5 Å². The number of fused-ring (bicyclic) bond motifs is 1. The molecular weight excluding hydrogens is 218 g/mol. The van der Waals surface area contributed by atoms with Crippen molar-refractivity contribution in [1.82, 2.24) is 9.55 Å². The first kappa shape index (κ1) is 11.9. The Morgan fingerprint density at radius 3 is 3.12 bits per heavy atom. The summed E-state index contributed by atoms with van der Waals surface area (Å²) >= 11 is 0. The standard InChI is InChI=1S/C12H17N3O2/c1-9(13)5-2-3-8-15-11-10(17-12(15)16)6-4-7-14-11/h4,6-7,9H,2-3,5,8,13H2,1H3. The number of oxazole rings is 1. The average Bonchev–Trinajstić information content (AvgIpc) is 2.60. The third kappa shape index (κ3) is 2.74. The molecule has 0 bridgehead atoms. The minimum absolute atomic E-state index is 0.214. The van der Waals surface area contributed by atoms with Crippen molar-refractivity contribution in [2.75, 3.05) is 0 Å². The summed E-state index contributed by atoms with van der Waals surface area (Å²) in [5.74, 6) is -0.334. The molecule has 2 aromatic heterocycles. The number of hydrogen-bond donors (Lipinski definition) is 1. The number of nitrogens with zero attached hydrogens (tertiary/aromatic N) is 2. The van der Waals surface area contributed by atoms with Crippen LogP contribution in [-0.2, 0) is 6.54 Å². The van der Waals surface area contributed by atoms with Crippen LogP contribution < -0.4 is 11.5 Å². The van der Waals surface area contributed by atoms with E-state index in [-0.39, 0.29) is 11.8 Å². The maximum atomic E-state index is 11.6. The van der Waals surface area contributed by atoms with Gasteiger partial charge in [-0.3, -0.25) is 4.57 Å². The largest absolute Gasteiger partial charge is 0.421 e. The minimum Gasteiger partial charge on any atom is -0.406 e. The zero-order valence-electron chi connectivity index (χ0n) is 9.93. The fourth-order valence-corrected chi connectivity index (χ4v) is 1.83. The average molecular weight is 235 g/mol. The molecule has 2 N–H and O–H groups in total. The summed E-state index contributed by atoms with van der Waals surface area (Å²) in [7, 11) is 0. The van der Waals surface area contributed by atoms with Crippen LogP contribution in [-0.4, -0.2) is 15.6 Å². The molecule has 0 amide bonds. The quantitative estimate of drug-likeness (QED) is 0.797. The number of hydrogen-bond acceptors (Lipinski definition) is 4. The molecule has 2 rings (SSSR count). The van der Waals surface area contributed by atoms with Gasteiger partial charge in [0.1, 0.15) is 0 Å². The molecule has 0 spiro atoms. The lowest BCUT2D eigenvalue weighted by atomic mass is 10.1. The topological polar surface area (TPSA) is 74.0 Å². The van der Waals surface area contributed by atoms with Gasteiger partial charge in [-0.25, -0.2) is 9.78 Å². The molecule has 1 atom stereocenters. The van der Waals surface area contributed by atoms with Crippen molar-refractivity contribution in [1.29, 1.82) is 0 Å². The molecular formula is C12H17N3O2. The maximum absolute atomic E-state index is 11.6. The monoisotopic (exact) mass is 235 g/mol. The Labute approximate surface area is 99.2 Å². The fourth-order valence-electron chi connectivity index (χ4n) is 1.83. The minimum atomic E-state index is -0.334. The normalized spacial score (nSPS) is 13.1. The van der Waals surface area contributed by atoms with E-state index in [0.717, 1.165) is 19.3 Å². The molecule has 1 unspecified atom stereocenters. The fraction of sp³-hybridized carbons (Fsp3) is 0.500. The van der Waals surface area contributed by atoms with Crippen LogP contribution in [0.3, 0.4) is 0 Å². The van der Waals surface area contributed by atoms with Crippen LogP contribution in [0.2, 0.25) is 0 Å². The van der Waals surface area contributed by atoms with Crippen molar-refractivity contribution < 1.29 is 4.42 Å². The van der Waals surface area contributed by atoms with Crippen molar-refractivity contribution in [2.45, 2.75) is 38.8 Å². The van der Waals surface area contributed by atoms with Gasteiger partial charge in [-0.05, 0) is 31.9 Å². The van der Waals surface area contributed by atoms with E-state index >= 15 is 0 Å². The molecule has 0 fully saturated rings. The highest BCUT2D eigenvalue weighted by molar-refractivity contribution is 5.67. The molecule has 92 valence electrons. The van der Waals surface area contributed by atoms with Crippen LogP contribution in [0, 0.1) is 0 Å². The molecule has 0 aliphatic rings. The Kier molecular flexibility index (Phi) is 3.58. The maximum Gasteiger partial charge on any atom is 0.421 e. The van der Waals surface area contributed by atoms with Gasteiger partial charge in [-0.1, -0.05) is 6.42 Å². The van der Waals surface area contributed by atoms with Gasteiger partial charge in [-0.15, -0.1) is 0 Å². The van der Waals surface area contributed by atoms with Crippen molar-refractivity contribution in [3.8, 4) is 0 Å². The highest BCUT2D eigenvalue weighted by atomic mass is 16.4. The Morgan fingerprint density at radius 1 is 1.53 bits per heavy atom. The lowest BCUT2D eigenvalue weighted by Crippen LogP contribution is -2.17. The molecule has 0 saturated carbocycles. The van der Waals surface area contributed by atoms with Gasteiger partial charge < -0.3 is 10.2 Å². The molecule has 0 aliphatic carbocycles. The summed E-state index contributed by atoms with van der Waals surface area (Å²) in [6.07, 6.45) is 4.55. The second-order valence-electron chi connectivity index (χ2n) is 4.32. The Bertz CT molecular complexity index is 542. The zero-order valence-corrected chi connectivity index (χ0v) is 9.93. The second kappa shape index (κ2) is 5.14. The first-order valence-corrected chi connectivity index (χ1v) is 5.88. The third-order valence-electron chi connectivity index (χ3n) is 2.72. The van der Waals surface area contributed by atoms with Gasteiger partial charge in [0, 0.05) is 18.8 Å². The van der Waals surface area contributed by atoms with E-state index in [1.165, 1.54) is 0 Å². The lowest BCUT2D eigenvalue weighted by Gasteiger charge is -2.04. The zero-order chi connectivity index (χ0) is 12.3. The number of aryl methyl sites for hydroxylation is 1. The van der Waals surface area contributed by atoms with Crippen molar-refractivity contribution in [3.05, 3.63) is 28.9 Å². The molecule has 0 aromatic carbocycles.